The van der Waals surface area contributed by atoms with Gasteiger partial charge in [-0.2, -0.15) is 0 Å². The molecule has 0 aromatic heterocycles. The minimum atomic E-state index is -0.177. The van der Waals surface area contributed by atoms with E-state index in [1.165, 1.54) is 18.4 Å². The molecular formula is C20H28N2O2. The minimum absolute atomic E-state index is 0.0626. The Hall–Kier alpha value is -1.84. The van der Waals surface area contributed by atoms with Crippen molar-refractivity contribution >= 4 is 11.8 Å². The number of carbonyl (C=O) groups is 2. The highest BCUT2D eigenvalue weighted by molar-refractivity contribution is 5.89. The lowest BCUT2D eigenvalue weighted by atomic mass is 9.99. The second-order valence-corrected chi connectivity index (χ2v) is 7.10. The van der Waals surface area contributed by atoms with Gasteiger partial charge < -0.3 is 9.80 Å². The van der Waals surface area contributed by atoms with Crippen LogP contribution < -0.4 is 0 Å². The summed E-state index contributed by atoms with van der Waals surface area (Å²) in [6, 6.07) is 10.6. The molecule has 1 aromatic carbocycles. The van der Waals surface area contributed by atoms with E-state index in [0.717, 1.165) is 12.8 Å². The average Bonchev–Trinajstić information content (AvgIpc) is 3.25. The third-order valence-corrected chi connectivity index (χ3v) is 5.62. The van der Waals surface area contributed by atoms with E-state index in [4.69, 9.17) is 0 Å². The highest BCUT2D eigenvalue weighted by Gasteiger charge is 2.40. The van der Waals surface area contributed by atoms with E-state index in [-0.39, 0.29) is 23.8 Å². The van der Waals surface area contributed by atoms with Gasteiger partial charge in [0.05, 0.1) is 12.0 Å². The molecule has 4 heteroatoms. The number of likely N-dealkylation sites (tertiary alicyclic amines) is 1. The van der Waals surface area contributed by atoms with E-state index in [0.29, 0.717) is 25.6 Å². The van der Waals surface area contributed by atoms with Crippen molar-refractivity contribution in [1.29, 1.82) is 0 Å². The van der Waals surface area contributed by atoms with Gasteiger partial charge in [-0.3, -0.25) is 9.59 Å². The van der Waals surface area contributed by atoms with Crippen molar-refractivity contribution in [3.8, 4) is 0 Å². The molecule has 130 valence electrons. The van der Waals surface area contributed by atoms with Crippen molar-refractivity contribution < 1.29 is 9.59 Å². The van der Waals surface area contributed by atoms with Crippen LogP contribution in [0.1, 0.15) is 57.6 Å². The van der Waals surface area contributed by atoms with Crippen LogP contribution in [0.3, 0.4) is 0 Å². The zero-order valence-electron chi connectivity index (χ0n) is 14.8. The Labute approximate surface area is 144 Å². The zero-order chi connectivity index (χ0) is 17.1. The maximum absolute atomic E-state index is 13.3. The smallest absolute Gasteiger partial charge is 0.228 e. The highest BCUT2D eigenvalue weighted by atomic mass is 16.2. The maximum Gasteiger partial charge on any atom is 0.228 e. The Morgan fingerprint density at radius 3 is 2.50 bits per heavy atom. The van der Waals surface area contributed by atoms with E-state index < -0.39 is 0 Å². The fraction of sp³-hybridized carbons (Fsp3) is 0.600. The number of carbonyl (C=O) groups excluding carboxylic acids is 2. The van der Waals surface area contributed by atoms with Crippen LogP contribution in [0.4, 0.5) is 0 Å². The molecule has 0 unspecified atom stereocenters. The Morgan fingerprint density at radius 2 is 1.92 bits per heavy atom. The summed E-state index contributed by atoms with van der Waals surface area (Å²) in [5.74, 6) is 0.112. The Morgan fingerprint density at radius 1 is 1.25 bits per heavy atom. The van der Waals surface area contributed by atoms with Crippen molar-refractivity contribution in [3.05, 3.63) is 35.9 Å². The lowest BCUT2D eigenvalue weighted by molar-refractivity contribution is -0.140. The fourth-order valence-electron chi connectivity index (χ4n) is 4.22. The molecule has 2 amide bonds. The van der Waals surface area contributed by atoms with Crippen LogP contribution in [0.25, 0.3) is 0 Å². The largest absolute Gasteiger partial charge is 0.342 e. The first-order chi connectivity index (χ1) is 11.6. The molecule has 1 saturated carbocycles. The number of nitrogens with zero attached hydrogens (tertiary/aromatic N) is 2. The zero-order valence-corrected chi connectivity index (χ0v) is 14.8. The van der Waals surface area contributed by atoms with Crippen LogP contribution in [0, 0.1) is 5.92 Å². The quantitative estimate of drug-likeness (QED) is 0.831. The molecule has 1 aliphatic heterocycles. The summed E-state index contributed by atoms with van der Waals surface area (Å²) in [6.07, 6.45) is 4.93. The third kappa shape index (κ3) is 3.33. The molecule has 1 saturated heterocycles. The second kappa shape index (κ2) is 7.37. The van der Waals surface area contributed by atoms with Gasteiger partial charge in [-0.05, 0) is 32.3 Å². The van der Waals surface area contributed by atoms with E-state index in [2.05, 4.69) is 24.0 Å². The van der Waals surface area contributed by atoms with Crippen molar-refractivity contribution in [2.24, 2.45) is 5.92 Å². The summed E-state index contributed by atoms with van der Waals surface area (Å²) in [7, 11) is 0. The van der Waals surface area contributed by atoms with Gasteiger partial charge >= 0.3 is 0 Å². The molecule has 0 N–H and O–H groups in total. The number of benzene rings is 1. The van der Waals surface area contributed by atoms with Gasteiger partial charge in [0.15, 0.2) is 0 Å². The lowest BCUT2D eigenvalue weighted by Crippen LogP contribution is -2.44. The molecule has 0 bridgehead atoms. The molecule has 1 heterocycles. The first kappa shape index (κ1) is 17.0. The first-order valence-corrected chi connectivity index (χ1v) is 9.26. The highest BCUT2D eigenvalue weighted by Crippen LogP contribution is 2.34. The second-order valence-electron chi connectivity index (χ2n) is 7.10. The Bertz CT molecular complexity index is 581. The minimum Gasteiger partial charge on any atom is -0.342 e. The average molecular weight is 328 g/mol. The summed E-state index contributed by atoms with van der Waals surface area (Å²) in [5.41, 5.74) is 1.18. The Balaban J connectivity index is 1.82. The molecule has 3 rings (SSSR count). The van der Waals surface area contributed by atoms with Gasteiger partial charge in [0.2, 0.25) is 11.8 Å². The van der Waals surface area contributed by atoms with Crippen LogP contribution in [0.2, 0.25) is 0 Å². The summed E-state index contributed by atoms with van der Waals surface area (Å²) >= 11 is 0. The summed E-state index contributed by atoms with van der Waals surface area (Å²) in [4.78, 5) is 29.3. The van der Waals surface area contributed by atoms with Crippen LogP contribution in [-0.4, -0.2) is 40.7 Å². The predicted molar refractivity (Wildman–Crippen MR) is 94.3 cm³/mol. The van der Waals surface area contributed by atoms with Crippen molar-refractivity contribution in [1.82, 2.24) is 9.80 Å². The van der Waals surface area contributed by atoms with Gasteiger partial charge in [0.25, 0.3) is 0 Å². The first-order valence-electron chi connectivity index (χ1n) is 9.26. The maximum atomic E-state index is 13.3. The fourth-order valence-corrected chi connectivity index (χ4v) is 4.22. The predicted octanol–water partition coefficient (Wildman–Crippen LogP) is 3.39. The molecule has 2 aliphatic rings. The molecule has 4 nitrogen and oxygen atoms in total. The van der Waals surface area contributed by atoms with Gasteiger partial charge in [-0.15, -0.1) is 0 Å². The van der Waals surface area contributed by atoms with E-state index in [1.54, 1.807) is 0 Å². The monoisotopic (exact) mass is 328 g/mol. The summed E-state index contributed by atoms with van der Waals surface area (Å²) in [5, 5.41) is 0. The van der Waals surface area contributed by atoms with Crippen molar-refractivity contribution in [2.45, 2.75) is 58.0 Å². The van der Waals surface area contributed by atoms with Gasteiger partial charge in [0.1, 0.15) is 0 Å². The molecule has 1 aliphatic carbocycles. The van der Waals surface area contributed by atoms with Crippen LogP contribution >= 0.6 is 0 Å². The molecular weight excluding hydrogens is 300 g/mol. The standard InChI is InChI=1S/C20H28N2O2/c1-3-21-14-17(13-19(21)23)20(24)22(18-11-7-8-12-18)15(2)16-9-5-4-6-10-16/h4-6,9-10,15,17-18H,3,7-8,11-14H2,1-2H3/t15-,17+/m0/s1. The van der Waals surface area contributed by atoms with Crippen LogP contribution in [0.15, 0.2) is 30.3 Å². The number of hydrogen-bond donors (Lipinski definition) is 0. The molecule has 1 aromatic rings. The summed E-state index contributed by atoms with van der Waals surface area (Å²) in [6.45, 7) is 5.38. The summed E-state index contributed by atoms with van der Waals surface area (Å²) < 4.78 is 0. The van der Waals surface area contributed by atoms with Crippen LogP contribution in [-0.2, 0) is 9.59 Å². The molecule has 0 radical (unpaired) electrons. The van der Waals surface area contributed by atoms with Gasteiger partial charge in [-0.25, -0.2) is 0 Å². The van der Waals surface area contributed by atoms with E-state index >= 15 is 0 Å². The molecule has 2 fully saturated rings. The lowest BCUT2D eigenvalue weighted by Gasteiger charge is -2.36. The van der Waals surface area contributed by atoms with Crippen molar-refractivity contribution in [3.63, 3.8) is 0 Å². The number of rotatable bonds is 5. The molecule has 2 atom stereocenters. The third-order valence-electron chi connectivity index (χ3n) is 5.62. The molecule has 0 spiro atoms. The normalized spacial score (nSPS) is 22.8. The molecule has 24 heavy (non-hydrogen) atoms. The Kier molecular flexibility index (Phi) is 5.22. The van der Waals surface area contributed by atoms with E-state index in [9.17, 15) is 9.59 Å². The number of hydrogen-bond acceptors (Lipinski definition) is 2. The van der Waals surface area contributed by atoms with Crippen LogP contribution in [0.5, 0.6) is 0 Å². The van der Waals surface area contributed by atoms with Gasteiger partial charge in [0, 0.05) is 25.6 Å². The van der Waals surface area contributed by atoms with E-state index in [1.807, 2.05) is 30.0 Å². The SMILES string of the molecule is CCN1C[C@H](C(=O)N(C2CCCC2)[C@@H](C)c2ccccc2)CC1=O. The van der Waals surface area contributed by atoms with Gasteiger partial charge in [-0.1, -0.05) is 43.2 Å². The van der Waals surface area contributed by atoms with Crippen molar-refractivity contribution in [2.75, 3.05) is 13.1 Å². The number of amides is 2. The topological polar surface area (TPSA) is 40.6 Å².